The number of primary amides is 1. The van der Waals surface area contributed by atoms with E-state index in [9.17, 15) is 4.79 Å². The van der Waals surface area contributed by atoms with Crippen LogP contribution in [0.4, 0.5) is 5.69 Å². The molecule has 1 aromatic heterocycles. The molecule has 128 valence electrons. The van der Waals surface area contributed by atoms with Gasteiger partial charge in [-0.3, -0.25) is 9.48 Å². The number of hydrogen-bond donors (Lipinski definition) is 2. The molecule has 1 fully saturated rings. The third-order valence-electron chi connectivity index (χ3n) is 4.54. The molecule has 1 amide bonds. The van der Waals surface area contributed by atoms with E-state index in [1.54, 1.807) is 0 Å². The lowest BCUT2D eigenvalue weighted by Gasteiger charge is -2.33. The average Bonchev–Trinajstić information content (AvgIpc) is 3.01. The van der Waals surface area contributed by atoms with E-state index in [4.69, 9.17) is 5.73 Å². The summed E-state index contributed by atoms with van der Waals surface area (Å²) in [4.78, 5) is 13.7. The molecule has 1 saturated heterocycles. The van der Waals surface area contributed by atoms with Crippen LogP contribution in [0.3, 0.4) is 0 Å². The molecule has 0 bridgehead atoms. The molecule has 3 rings (SSSR count). The van der Waals surface area contributed by atoms with E-state index in [0.717, 1.165) is 44.7 Å². The first-order chi connectivity index (χ1) is 11.6. The molecule has 2 aromatic rings. The van der Waals surface area contributed by atoms with Crippen LogP contribution in [0.1, 0.15) is 24.0 Å². The van der Waals surface area contributed by atoms with Gasteiger partial charge in [-0.25, -0.2) is 0 Å². The first kappa shape index (κ1) is 16.5. The van der Waals surface area contributed by atoms with Gasteiger partial charge in [-0.15, -0.1) is 0 Å². The molecule has 0 saturated carbocycles. The number of nitrogens with zero attached hydrogens (tertiary/aromatic N) is 3. The summed E-state index contributed by atoms with van der Waals surface area (Å²) in [5.41, 5.74) is 9.04. The smallest absolute Gasteiger partial charge is 0.222 e. The predicted octanol–water partition coefficient (Wildman–Crippen LogP) is 1.41. The number of aryl methyl sites for hydroxylation is 1. The van der Waals surface area contributed by atoms with Crippen LogP contribution in [0.15, 0.2) is 36.7 Å². The first-order valence-corrected chi connectivity index (χ1v) is 8.43. The van der Waals surface area contributed by atoms with E-state index in [1.807, 2.05) is 24.1 Å². The Morgan fingerprint density at radius 3 is 2.71 bits per heavy atom. The van der Waals surface area contributed by atoms with Crippen LogP contribution >= 0.6 is 0 Å². The normalized spacial score (nSPS) is 17.9. The van der Waals surface area contributed by atoms with Crippen LogP contribution in [-0.2, 0) is 24.9 Å². The minimum absolute atomic E-state index is 0.0282. The monoisotopic (exact) mass is 327 g/mol. The largest absolute Gasteiger partial charge is 0.371 e. The second-order valence-corrected chi connectivity index (χ2v) is 6.48. The van der Waals surface area contributed by atoms with Gasteiger partial charge in [-0.05, 0) is 30.5 Å². The number of piperidine rings is 1. The maximum atomic E-state index is 11.4. The number of nitrogens with one attached hydrogen (secondary N) is 1. The maximum absolute atomic E-state index is 11.4. The molecule has 0 spiro atoms. The highest BCUT2D eigenvalue weighted by Gasteiger charge is 2.23. The number of hydrogen-bond acceptors (Lipinski definition) is 4. The Labute approximate surface area is 142 Å². The summed E-state index contributed by atoms with van der Waals surface area (Å²) in [5, 5.41) is 7.59. The molecule has 1 aliphatic rings. The lowest BCUT2D eigenvalue weighted by atomic mass is 9.97. The van der Waals surface area contributed by atoms with Gasteiger partial charge in [0.1, 0.15) is 0 Å². The standard InChI is InChI=1S/C18H25N5O/c1-22-12-15(11-21-22)10-20-9-14-4-6-17(7-5-14)23-8-2-3-16(13-23)18(19)24/h4-7,11-12,16,20H,2-3,8-10,13H2,1H3,(H2,19,24). The Bertz CT molecular complexity index is 679. The second-order valence-electron chi connectivity index (χ2n) is 6.48. The molecule has 0 radical (unpaired) electrons. The Kier molecular flexibility index (Phi) is 5.15. The molecule has 6 heteroatoms. The van der Waals surface area contributed by atoms with Gasteiger partial charge in [0.05, 0.1) is 12.1 Å². The molecule has 3 N–H and O–H groups in total. The Hall–Kier alpha value is -2.34. The number of nitrogens with two attached hydrogens (primary N) is 1. The maximum Gasteiger partial charge on any atom is 0.222 e. The number of aromatic nitrogens is 2. The van der Waals surface area contributed by atoms with Crippen molar-refractivity contribution >= 4 is 11.6 Å². The first-order valence-electron chi connectivity index (χ1n) is 8.43. The summed E-state index contributed by atoms with van der Waals surface area (Å²) in [5.74, 6) is -0.213. The van der Waals surface area contributed by atoms with Gasteiger partial charge in [0.25, 0.3) is 0 Å². The quantitative estimate of drug-likeness (QED) is 0.841. The molecule has 1 aliphatic heterocycles. The summed E-state index contributed by atoms with van der Waals surface area (Å²) < 4.78 is 1.81. The summed E-state index contributed by atoms with van der Waals surface area (Å²) in [6.07, 6.45) is 5.81. The third kappa shape index (κ3) is 4.14. The fourth-order valence-electron chi connectivity index (χ4n) is 3.18. The molecule has 1 atom stereocenters. The van der Waals surface area contributed by atoms with Gasteiger partial charge in [0.2, 0.25) is 5.91 Å². The number of carbonyl (C=O) groups excluding carboxylic acids is 1. The van der Waals surface area contributed by atoms with Crippen molar-refractivity contribution in [1.29, 1.82) is 0 Å². The molecule has 2 heterocycles. The van der Waals surface area contributed by atoms with E-state index in [1.165, 1.54) is 11.1 Å². The van der Waals surface area contributed by atoms with Crippen molar-refractivity contribution in [3.63, 3.8) is 0 Å². The van der Waals surface area contributed by atoms with E-state index in [2.05, 4.69) is 39.6 Å². The Balaban J connectivity index is 1.52. The highest BCUT2D eigenvalue weighted by atomic mass is 16.1. The highest BCUT2D eigenvalue weighted by molar-refractivity contribution is 5.77. The number of carbonyl (C=O) groups is 1. The summed E-state index contributed by atoms with van der Waals surface area (Å²) in [6, 6.07) is 8.54. The number of rotatable bonds is 6. The molecule has 1 unspecified atom stereocenters. The number of anilines is 1. The van der Waals surface area contributed by atoms with Gasteiger partial charge in [-0.2, -0.15) is 5.10 Å². The van der Waals surface area contributed by atoms with Gasteiger partial charge in [0.15, 0.2) is 0 Å². The fraction of sp³-hybridized carbons (Fsp3) is 0.444. The van der Waals surface area contributed by atoms with Crippen molar-refractivity contribution in [2.24, 2.45) is 18.7 Å². The molecular weight excluding hydrogens is 302 g/mol. The highest BCUT2D eigenvalue weighted by Crippen LogP contribution is 2.23. The molecular formula is C18H25N5O. The van der Waals surface area contributed by atoms with Gasteiger partial charge < -0.3 is 16.0 Å². The van der Waals surface area contributed by atoms with Crippen LogP contribution in [0.5, 0.6) is 0 Å². The Morgan fingerprint density at radius 1 is 1.29 bits per heavy atom. The zero-order chi connectivity index (χ0) is 16.9. The molecule has 1 aromatic carbocycles. The van der Waals surface area contributed by atoms with Crippen molar-refractivity contribution in [1.82, 2.24) is 15.1 Å². The van der Waals surface area contributed by atoms with E-state index >= 15 is 0 Å². The van der Waals surface area contributed by atoms with Crippen molar-refractivity contribution in [3.05, 3.63) is 47.8 Å². The van der Waals surface area contributed by atoms with Crippen LogP contribution in [0.25, 0.3) is 0 Å². The lowest BCUT2D eigenvalue weighted by molar-refractivity contribution is -0.122. The van der Waals surface area contributed by atoms with Crippen molar-refractivity contribution in [2.45, 2.75) is 25.9 Å². The zero-order valence-electron chi connectivity index (χ0n) is 14.1. The average molecular weight is 327 g/mol. The topological polar surface area (TPSA) is 76.2 Å². The predicted molar refractivity (Wildman–Crippen MR) is 94.3 cm³/mol. The van der Waals surface area contributed by atoms with Crippen LogP contribution in [0, 0.1) is 5.92 Å². The lowest BCUT2D eigenvalue weighted by Crippen LogP contribution is -2.41. The van der Waals surface area contributed by atoms with Crippen LogP contribution in [0.2, 0.25) is 0 Å². The third-order valence-corrected chi connectivity index (χ3v) is 4.54. The van der Waals surface area contributed by atoms with Gasteiger partial charge >= 0.3 is 0 Å². The van der Waals surface area contributed by atoms with Crippen molar-refractivity contribution < 1.29 is 4.79 Å². The fourth-order valence-corrected chi connectivity index (χ4v) is 3.18. The summed E-state index contributed by atoms with van der Waals surface area (Å²) >= 11 is 0. The molecule has 0 aliphatic carbocycles. The van der Waals surface area contributed by atoms with Gasteiger partial charge in [-0.1, -0.05) is 12.1 Å². The van der Waals surface area contributed by atoms with E-state index in [0.29, 0.717) is 0 Å². The number of benzene rings is 1. The van der Waals surface area contributed by atoms with Gasteiger partial charge in [0, 0.05) is 50.7 Å². The second kappa shape index (κ2) is 7.49. The Morgan fingerprint density at radius 2 is 2.04 bits per heavy atom. The SMILES string of the molecule is Cn1cc(CNCc2ccc(N3CCCC(C(N)=O)C3)cc2)cn1. The molecule has 6 nitrogen and oxygen atoms in total. The van der Waals surface area contributed by atoms with E-state index in [-0.39, 0.29) is 11.8 Å². The zero-order valence-corrected chi connectivity index (χ0v) is 14.1. The minimum Gasteiger partial charge on any atom is -0.371 e. The summed E-state index contributed by atoms with van der Waals surface area (Å²) in [7, 11) is 1.92. The van der Waals surface area contributed by atoms with Crippen molar-refractivity contribution in [2.75, 3.05) is 18.0 Å². The number of amides is 1. The van der Waals surface area contributed by atoms with E-state index < -0.39 is 0 Å². The summed E-state index contributed by atoms with van der Waals surface area (Å²) in [6.45, 7) is 3.34. The van der Waals surface area contributed by atoms with Crippen molar-refractivity contribution in [3.8, 4) is 0 Å². The minimum atomic E-state index is -0.184. The van der Waals surface area contributed by atoms with Crippen LogP contribution < -0.4 is 16.0 Å². The molecule has 24 heavy (non-hydrogen) atoms. The van der Waals surface area contributed by atoms with Crippen LogP contribution in [-0.4, -0.2) is 28.8 Å².